The predicted molar refractivity (Wildman–Crippen MR) is 101 cm³/mol. The molecule has 0 aliphatic heterocycles. The van der Waals surface area contributed by atoms with E-state index >= 15 is 0 Å². The molecule has 3 rings (SSSR count). The molecule has 0 saturated heterocycles. The van der Waals surface area contributed by atoms with E-state index in [1.165, 1.54) is 4.57 Å². The summed E-state index contributed by atoms with van der Waals surface area (Å²) >= 11 is 0. The summed E-state index contributed by atoms with van der Waals surface area (Å²) < 4.78 is 1.48. The molecule has 2 aromatic rings. The van der Waals surface area contributed by atoms with Gasteiger partial charge in [0.1, 0.15) is 0 Å². The van der Waals surface area contributed by atoms with Gasteiger partial charge in [-0.1, -0.05) is 20.8 Å². The van der Waals surface area contributed by atoms with E-state index in [1.54, 1.807) is 6.07 Å². The van der Waals surface area contributed by atoms with Crippen LogP contribution >= 0.6 is 0 Å². The lowest BCUT2D eigenvalue weighted by Crippen LogP contribution is -2.36. The second-order valence-electron chi connectivity index (χ2n) is 7.61. The quantitative estimate of drug-likeness (QED) is 0.827. The largest absolute Gasteiger partial charge is 0.350 e. The van der Waals surface area contributed by atoms with E-state index in [1.807, 2.05) is 27.7 Å². The third-order valence-electron chi connectivity index (χ3n) is 4.75. The molecule has 0 radical (unpaired) electrons. The molecule has 1 aliphatic carbocycles. The highest BCUT2D eigenvalue weighted by Gasteiger charge is 2.29. The molecule has 0 spiro atoms. The van der Waals surface area contributed by atoms with Crippen LogP contribution in [0.15, 0.2) is 15.7 Å². The molecule has 1 amide bonds. The summed E-state index contributed by atoms with van der Waals surface area (Å²) in [6.45, 7) is 8.31. The topological polar surface area (TPSA) is 96.8 Å². The molecule has 0 bridgehead atoms. The summed E-state index contributed by atoms with van der Waals surface area (Å²) in [7, 11) is 0. The third kappa shape index (κ3) is 3.57. The maximum atomic E-state index is 12.8. The van der Waals surface area contributed by atoms with Crippen molar-refractivity contribution in [3.8, 4) is 0 Å². The average Bonchev–Trinajstić information content (AvgIpc) is 3.42. The average molecular weight is 358 g/mol. The number of hydrogen-bond acceptors (Lipinski definition) is 4. The van der Waals surface area contributed by atoms with Crippen LogP contribution in [0.2, 0.25) is 0 Å². The zero-order valence-electron chi connectivity index (χ0n) is 15.8. The number of fused-ring (bicyclic) bond motifs is 1. The molecule has 0 aromatic carbocycles. The van der Waals surface area contributed by atoms with Crippen LogP contribution in [-0.4, -0.2) is 26.5 Å². The van der Waals surface area contributed by atoms with Crippen molar-refractivity contribution in [2.45, 2.75) is 65.5 Å². The van der Waals surface area contributed by atoms with Gasteiger partial charge in [0.05, 0.1) is 10.9 Å². The van der Waals surface area contributed by atoms with Gasteiger partial charge in [-0.2, -0.15) is 0 Å². The maximum Gasteiger partial charge on any atom is 0.330 e. The first-order valence-corrected chi connectivity index (χ1v) is 9.30. The first kappa shape index (κ1) is 18.4. The second kappa shape index (κ2) is 7.05. The first-order valence-electron chi connectivity index (χ1n) is 9.30. The Hall–Kier alpha value is -2.44. The van der Waals surface area contributed by atoms with Crippen molar-refractivity contribution < 1.29 is 4.79 Å². The Kier molecular flexibility index (Phi) is 4.98. The number of aromatic nitrogens is 3. The summed E-state index contributed by atoms with van der Waals surface area (Å²) in [5, 5.41) is 3.11. The Morgan fingerprint density at radius 3 is 2.62 bits per heavy atom. The predicted octanol–water partition coefficient (Wildman–Crippen LogP) is 2.15. The Bertz CT molecular complexity index is 954. The molecular weight excluding hydrogens is 332 g/mol. The minimum atomic E-state index is -0.561. The van der Waals surface area contributed by atoms with Crippen LogP contribution in [0.1, 0.15) is 68.9 Å². The van der Waals surface area contributed by atoms with Crippen LogP contribution in [0.4, 0.5) is 0 Å². The SMILES string of the molecule is CCC(C)NC(=O)c1cc(C2CC2)nc2c1c(=O)[nH]c(=O)n2CC(C)C. The van der Waals surface area contributed by atoms with Crippen LogP contribution in [-0.2, 0) is 6.54 Å². The van der Waals surface area contributed by atoms with Crippen molar-refractivity contribution in [1.82, 2.24) is 19.9 Å². The molecule has 2 heterocycles. The number of hydrogen-bond donors (Lipinski definition) is 2. The number of nitrogens with zero attached hydrogens (tertiary/aromatic N) is 2. The van der Waals surface area contributed by atoms with Gasteiger partial charge < -0.3 is 5.32 Å². The van der Waals surface area contributed by atoms with Crippen molar-refractivity contribution in [3.05, 3.63) is 38.2 Å². The number of pyridine rings is 1. The Balaban J connectivity index is 2.27. The second-order valence-corrected chi connectivity index (χ2v) is 7.61. The van der Waals surface area contributed by atoms with Gasteiger partial charge in [-0.25, -0.2) is 9.78 Å². The number of carbonyl (C=O) groups excluding carboxylic acids is 1. The molecule has 2 N–H and O–H groups in total. The molecule has 26 heavy (non-hydrogen) atoms. The van der Waals surface area contributed by atoms with E-state index in [-0.39, 0.29) is 23.3 Å². The van der Waals surface area contributed by atoms with Gasteiger partial charge in [0, 0.05) is 24.2 Å². The van der Waals surface area contributed by atoms with Gasteiger partial charge in [0.2, 0.25) is 0 Å². The fourth-order valence-corrected chi connectivity index (χ4v) is 3.00. The van der Waals surface area contributed by atoms with Gasteiger partial charge in [-0.3, -0.25) is 19.1 Å². The molecule has 1 atom stereocenters. The molecule has 140 valence electrons. The number of H-pyrrole nitrogens is 1. The van der Waals surface area contributed by atoms with Crippen molar-refractivity contribution in [2.75, 3.05) is 0 Å². The van der Waals surface area contributed by atoms with Crippen LogP contribution < -0.4 is 16.6 Å². The highest BCUT2D eigenvalue weighted by Crippen LogP contribution is 2.39. The molecular formula is C19H26N4O3. The van der Waals surface area contributed by atoms with E-state index in [0.29, 0.717) is 23.7 Å². The smallest absolute Gasteiger partial charge is 0.330 e. The monoisotopic (exact) mass is 358 g/mol. The van der Waals surface area contributed by atoms with Crippen LogP contribution in [0, 0.1) is 5.92 Å². The lowest BCUT2D eigenvalue weighted by molar-refractivity contribution is 0.0940. The zero-order valence-corrected chi connectivity index (χ0v) is 15.8. The third-order valence-corrected chi connectivity index (χ3v) is 4.75. The van der Waals surface area contributed by atoms with Crippen LogP contribution in [0.5, 0.6) is 0 Å². The molecule has 1 fully saturated rings. The normalized spacial score (nSPS) is 15.4. The molecule has 1 unspecified atom stereocenters. The van der Waals surface area contributed by atoms with E-state index in [0.717, 1.165) is 25.0 Å². The Morgan fingerprint density at radius 2 is 2.04 bits per heavy atom. The van der Waals surface area contributed by atoms with Crippen LogP contribution in [0.25, 0.3) is 11.0 Å². The highest BCUT2D eigenvalue weighted by molar-refractivity contribution is 6.05. The summed E-state index contributed by atoms with van der Waals surface area (Å²) in [4.78, 5) is 44.7. The summed E-state index contributed by atoms with van der Waals surface area (Å²) in [6, 6.07) is 1.72. The van der Waals surface area contributed by atoms with E-state index in [9.17, 15) is 14.4 Å². The van der Waals surface area contributed by atoms with Crippen LogP contribution in [0.3, 0.4) is 0 Å². The number of carbonyl (C=O) groups is 1. The minimum absolute atomic E-state index is 0.00394. The minimum Gasteiger partial charge on any atom is -0.350 e. The summed E-state index contributed by atoms with van der Waals surface area (Å²) in [5.41, 5.74) is 0.357. The lowest BCUT2D eigenvalue weighted by atomic mass is 10.1. The van der Waals surface area contributed by atoms with Gasteiger partial charge in [-0.15, -0.1) is 0 Å². The van der Waals surface area contributed by atoms with Gasteiger partial charge in [-0.05, 0) is 38.2 Å². The van der Waals surface area contributed by atoms with Crippen molar-refractivity contribution in [1.29, 1.82) is 0 Å². The highest BCUT2D eigenvalue weighted by atomic mass is 16.2. The van der Waals surface area contributed by atoms with Crippen molar-refractivity contribution in [3.63, 3.8) is 0 Å². The molecule has 1 saturated carbocycles. The maximum absolute atomic E-state index is 12.8. The van der Waals surface area contributed by atoms with Crippen molar-refractivity contribution >= 4 is 16.9 Å². The van der Waals surface area contributed by atoms with E-state index in [2.05, 4.69) is 15.3 Å². The number of nitrogens with one attached hydrogen (secondary N) is 2. The summed E-state index contributed by atoms with van der Waals surface area (Å²) in [5.74, 6) is 0.205. The fourth-order valence-electron chi connectivity index (χ4n) is 3.00. The number of aromatic amines is 1. The Morgan fingerprint density at radius 1 is 1.35 bits per heavy atom. The number of amides is 1. The fraction of sp³-hybridized carbons (Fsp3) is 0.579. The molecule has 7 nitrogen and oxygen atoms in total. The van der Waals surface area contributed by atoms with Gasteiger partial charge in [0.25, 0.3) is 11.5 Å². The zero-order chi connectivity index (χ0) is 19.0. The standard InChI is InChI=1S/C19H26N4O3/c1-5-11(4)20-17(24)13-8-14(12-6-7-12)21-16-15(13)18(25)22-19(26)23(16)9-10(2)3/h8,10-12H,5-7,9H2,1-4H3,(H,20,24)(H,22,25,26). The molecule has 2 aromatic heterocycles. The Labute approximate surface area is 151 Å². The lowest BCUT2D eigenvalue weighted by Gasteiger charge is -2.16. The van der Waals surface area contributed by atoms with Gasteiger partial charge >= 0.3 is 5.69 Å². The number of rotatable bonds is 6. The van der Waals surface area contributed by atoms with E-state index in [4.69, 9.17) is 0 Å². The molecule has 7 heteroatoms. The van der Waals surface area contributed by atoms with E-state index < -0.39 is 11.2 Å². The first-order chi connectivity index (χ1) is 12.3. The van der Waals surface area contributed by atoms with Gasteiger partial charge in [0.15, 0.2) is 5.65 Å². The molecule has 1 aliphatic rings. The van der Waals surface area contributed by atoms with Crippen molar-refractivity contribution in [2.24, 2.45) is 5.92 Å². The summed E-state index contributed by atoms with van der Waals surface area (Å²) in [6.07, 6.45) is 2.82.